The van der Waals surface area contributed by atoms with Gasteiger partial charge in [0.25, 0.3) is 0 Å². The third-order valence-electron chi connectivity index (χ3n) is 13.6. The van der Waals surface area contributed by atoms with Crippen LogP contribution in [0.5, 0.6) is 0 Å². The molecule has 6 aliphatic rings. The minimum atomic E-state index is -0.877. The van der Waals surface area contributed by atoms with Gasteiger partial charge in [-0.25, -0.2) is 0 Å². The molecule has 0 radical (unpaired) electrons. The van der Waals surface area contributed by atoms with Crippen molar-refractivity contribution in [3.05, 3.63) is 11.6 Å². The molecule has 4 saturated carbocycles. The highest BCUT2D eigenvalue weighted by Crippen LogP contribution is 2.77. The molecule has 1 saturated heterocycles. The van der Waals surface area contributed by atoms with Gasteiger partial charge in [-0.05, 0) is 84.9 Å². The quantitative estimate of drug-likeness (QED) is 0.452. The lowest BCUT2D eigenvalue weighted by Gasteiger charge is -2.70. The lowest BCUT2D eigenvalue weighted by atomic mass is 9.33. The van der Waals surface area contributed by atoms with E-state index in [4.69, 9.17) is 4.74 Å². The SMILES string of the molecule is C[C@H]1[C@H](C)[C@@H](O)C[C@]2(C(=O)O)CC[C@]3(C)C(=C[C@@H]4OC[C@]35CC[C@H]3C(C)(C)[C@@H](O)CC[C@]3(C)[C@@H]45)[C@H]12. The predicted molar refractivity (Wildman–Crippen MR) is 133 cm³/mol. The Morgan fingerprint density at radius 3 is 2.40 bits per heavy atom. The average Bonchev–Trinajstić information content (AvgIpc) is 3.13. The summed E-state index contributed by atoms with van der Waals surface area (Å²) in [5, 5.41) is 32.4. The van der Waals surface area contributed by atoms with Gasteiger partial charge < -0.3 is 20.1 Å². The number of ether oxygens (including phenoxy) is 1. The van der Waals surface area contributed by atoms with Crippen LogP contribution in [-0.4, -0.2) is 46.2 Å². The van der Waals surface area contributed by atoms with Crippen LogP contribution in [0.25, 0.3) is 0 Å². The molecule has 5 aliphatic carbocycles. The third-order valence-corrected chi connectivity index (χ3v) is 13.6. The van der Waals surface area contributed by atoms with Crippen LogP contribution in [0.4, 0.5) is 0 Å². The van der Waals surface area contributed by atoms with Crippen molar-refractivity contribution in [2.24, 2.45) is 56.7 Å². The molecule has 0 unspecified atom stereocenters. The number of carboxylic acid groups (broad SMARTS) is 1. The molecule has 3 N–H and O–H groups in total. The largest absolute Gasteiger partial charge is 0.481 e. The molecular weight excluding hydrogens is 440 g/mol. The third kappa shape index (κ3) is 2.64. The molecule has 0 aromatic heterocycles. The highest BCUT2D eigenvalue weighted by Gasteiger charge is 2.75. The van der Waals surface area contributed by atoms with Crippen molar-refractivity contribution in [3.63, 3.8) is 0 Å². The van der Waals surface area contributed by atoms with Gasteiger partial charge >= 0.3 is 5.97 Å². The molecular formula is C30H46O5. The second-order valence-corrected chi connectivity index (χ2v) is 14.8. The van der Waals surface area contributed by atoms with E-state index >= 15 is 0 Å². The Balaban J connectivity index is 1.50. The van der Waals surface area contributed by atoms with E-state index in [1.54, 1.807) is 0 Å². The van der Waals surface area contributed by atoms with Crippen LogP contribution in [0, 0.1) is 56.7 Å². The maximum Gasteiger partial charge on any atom is 0.310 e. The number of aliphatic carboxylic acids is 1. The monoisotopic (exact) mass is 486 g/mol. The minimum absolute atomic E-state index is 0.0229. The van der Waals surface area contributed by atoms with E-state index in [-0.39, 0.29) is 51.6 Å². The van der Waals surface area contributed by atoms with Crippen molar-refractivity contribution in [2.75, 3.05) is 6.61 Å². The van der Waals surface area contributed by atoms with E-state index < -0.39 is 17.5 Å². The van der Waals surface area contributed by atoms with Crippen LogP contribution in [0.15, 0.2) is 11.6 Å². The van der Waals surface area contributed by atoms with Gasteiger partial charge in [0.15, 0.2) is 0 Å². The smallest absolute Gasteiger partial charge is 0.310 e. The van der Waals surface area contributed by atoms with Gasteiger partial charge in [-0.1, -0.05) is 53.2 Å². The maximum absolute atomic E-state index is 12.9. The average molecular weight is 487 g/mol. The van der Waals surface area contributed by atoms with Crippen molar-refractivity contribution < 1.29 is 24.9 Å². The number of aliphatic hydroxyl groups is 2. The molecule has 1 heterocycles. The maximum atomic E-state index is 12.9. The molecule has 5 heteroatoms. The molecule has 0 spiro atoms. The van der Waals surface area contributed by atoms with Crippen molar-refractivity contribution in [3.8, 4) is 0 Å². The molecule has 35 heavy (non-hydrogen) atoms. The molecule has 0 aromatic rings. The molecule has 2 bridgehead atoms. The summed E-state index contributed by atoms with van der Waals surface area (Å²) in [6.45, 7) is 14.5. The Kier molecular flexibility index (Phi) is 4.98. The Labute approximate surface area is 210 Å². The van der Waals surface area contributed by atoms with E-state index in [1.807, 2.05) is 0 Å². The fourth-order valence-electron chi connectivity index (χ4n) is 11.4. The number of rotatable bonds is 1. The Hall–Kier alpha value is -0.910. The number of carboxylic acids is 1. The van der Waals surface area contributed by atoms with Crippen LogP contribution in [-0.2, 0) is 9.53 Å². The van der Waals surface area contributed by atoms with E-state index in [2.05, 4.69) is 47.6 Å². The molecule has 0 aromatic carbocycles. The van der Waals surface area contributed by atoms with Crippen LogP contribution in [0.3, 0.4) is 0 Å². The molecule has 12 atom stereocenters. The number of carbonyl (C=O) groups is 1. The normalized spacial score (nSPS) is 58.3. The second kappa shape index (κ2) is 7.14. The summed E-state index contributed by atoms with van der Waals surface area (Å²) < 4.78 is 6.70. The standard InChI is InChI=1S/C30H46O5/c1-16-17(2)23-18-13-20-24-27(5)9-8-22(32)26(3,4)21(27)7-10-30(24,15-35-20)28(18,6)11-12-29(23,25(33)34)14-19(16)31/h13,16-17,19-24,31-32H,7-12,14-15H2,1-6H3,(H,33,34)/t16-,17-,19-,20-,21-,22-,23-,24+,27-,28+,29+,30-/m0/s1. The van der Waals surface area contributed by atoms with E-state index in [1.165, 1.54) is 5.57 Å². The van der Waals surface area contributed by atoms with Gasteiger partial charge in [-0.15, -0.1) is 0 Å². The zero-order chi connectivity index (χ0) is 25.3. The van der Waals surface area contributed by atoms with Gasteiger partial charge in [0, 0.05) is 11.3 Å². The highest BCUT2D eigenvalue weighted by atomic mass is 16.5. The van der Waals surface area contributed by atoms with E-state index in [0.29, 0.717) is 24.7 Å². The minimum Gasteiger partial charge on any atom is -0.481 e. The molecule has 5 fully saturated rings. The summed E-state index contributed by atoms with van der Waals surface area (Å²) in [6.07, 6.45) is 7.55. The molecule has 196 valence electrons. The van der Waals surface area contributed by atoms with E-state index in [0.717, 1.165) is 38.7 Å². The molecule has 6 rings (SSSR count). The first kappa shape index (κ1) is 24.4. The van der Waals surface area contributed by atoms with Crippen LogP contribution in [0.1, 0.15) is 86.5 Å². The number of allylic oxidation sites excluding steroid dienone is 1. The number of hydrogen-bond donors (Lipinski definition) is 3. The Morgan fingerprint density at radius 2 is 1.71 bits per heavy atom. The zero-order valence-electron chi connectivity index (χ0n) is 22.5. The Morgan fingerprint density at radius 1 is 1.00 bits per heavy atom. The predicted octanol–water partition coefficient (Wildman–Crippen LogP) is 5.05. The van der Waals surface area contributed by atoms with Crippen molar-refractivity contribution in [2.45, 2.75) is 105 Å². The highest BCUT2D eigenvalue weighted by molar-refractivity contribution is 5.77. The van der Waals surface area contributed by atoms with E-state index in [9.17, 15) is 20.1 Å². The summed E-state index contributed by atoms with van der Waals surface area (Å²) in [7, 11) is 0. The van der Waals surface area contributed by atoms with Gasteiger partial charge in [0.05, 0.1) is 30.3 Å². The topological polar surface area (TPSA) is 87.0 Å². The van der Waals surface area contributed by atoms with Crippen LogP contribution in [0.2, 0.25) is 0 Å². The number of aliphatic hydroxyl groups excluding tert-OH is 2. The summed E-state index contributed by atoms with van der Waals surface area (Å²) >= 11 is 0. The van der Waals surface area contributed by atoms with Crippen molar-refractivity contribution >= 4 is 5.97 Å². The summed E-state index contributed by atoms with van der Waals surface area (Å²) in [6, 6.07) is 0. The first-order valence-corrected chi connectivity index (χ1v) is 14.2. The Bertz CT molecular complexity index is 972. The molecule has 5 nitrogen and oxygen atoms in total. The van der Waals surface area contributed by atoms with Crippen molar-refractivity contribution in [1.29, 1.82) is 0 Å². The van der Waals surface area contributed by atoms with Crippen molar-refractivity contribution in [1.82, 2.24) is 0 Å². The van der Waals surface area contributed by atoms with Gasteiger partial charge in [0.2, 0.25) is 0 Å². The summed E-state index contributed by atoms with van der Waals surface area (Å²) in [5.74, 6) is 0.296. The van der Waals surface area contributed by atoms with Gasteiger partial charge in [-0.2, -0.15) is 0 Å². The van der Waals surface area contributed by atoms with Crippen LogP contribution < -0.4 is 0 Å². The number of hydrogen-bond acceptors (Lipinski definition) is 4. The fourth-order valence-corrected chi connectivity index (χ4v) is 11.4. The first-order chi connectivity index (χ1) is 16.3. The summed E-state index contributed by atoms with van der Waals surface area (Å²) in [5.41, 5.74) is 0.406. The molecule has 1 aliphatic heterocycles. The lowest BCUT2D eigenvalue weighted by molar-refractivity contribution is -0.203. The fraction of sp³-hybridized carbons (Fsp3) is 0.900. The molecule has 0 amide bonds. The lowest BCUT2D eigenvalue weighted by Crippen LogP contribution is -2.67. The van der Waals surface area contributed by atoms with Crippen LogP contribution >= 0.6 is 0 Å². The second-order valence-electron chi connectivity index (χ2n) is 14.8. The zero-order valence-corrected chi connectivity index (χ0v) is 22.5. The number of fused-ring (bicyclic) bond motifs is 4. The van der Waals surface area contributed by atoms with Gasteiger partial charge in [0.1, 0.15) is 0 Å². The van der Waals surface area contributed by atoms with Gasteiger partial charge in [-0.3, -0.25) is 4.79 Å². The summed E-state index contributed by atoms with van der Waals surface area (Å²) in [4.78, 5) is 12.9. The first-order valence-electron chi connectivity index (χ1n) is 14.2.